The molecule has 1 aliphatic heterocycles. The molecule has 0 saturated carbocycles. The van der Waals surface area contributed by atoms with Gasteiger partial charge in [-0.25, -0.2) is 0 Å². The number of nitrogens with zero attached hydrogens (tertiary/aromatic N) is 1. The van der Waals surface area contributed by atoms with Crippen LogP contribution in [-0.4, -0.2) is 46.8 Å². The molecule has 2 rings (SSSR count). The predicted octanol–water partition coefficient (Wildman–Crippen LogP) is 2.96. The highest BCUT2D eigenvalue weighted by atomic mass is 16.6. The van der Waals surface area contributed by atoms with Gasteiger partial charge < -0.3 is 14.7 Å². The summed E-state index contributed by atoms with van der Waals surface area (Å²) in [6.45, 7) is 9.81. The molecule has 4 nitrogen and oxygen atoms in total. The number of benzene rings is 1. The van der Waals surface area contributed by atoms with E-state index in [0.717, 1.165) is 31.5 Å². The van der Waals surface area contributed by atoms with Gasteiger partial charge in [-0.15, -0.1) is 0 Å². The van der Waals surface area contributed by atoms with E-state index in [1.54, 1.807) is 0 Å². The van der Waals surface area contributed by atoms with Crippen molar-refractivity contribution in [2.45, 2.75) is 57.7 Å². The van der Waals surface area contributed by atoms with Crippen LogP contribution in [-0.2, 0) is 9.53 Å². The lowest BCUT2D eigenvalue weighted by Crippen LogP contribution is -2.45. The molecule has 0 aromatic heterocycles. The summed E-state index contributed by atoms with van der Waals surface area (Å²) in [7, 11) is 0. The molecule has 1 fully saturated rings. The molecule has 0 aliphatic carbocycles. The van der Waals surface area contributed by atoms with Gasteiger partial charge in [-0.2, -0.15) is 0 Å². The van der Waals surface area contributed by atoms with Crippen LogP contribution in [0, 0.1) is 0 Å². The van der Waals surface area contributed by atoms with Crippen molar-refractivity contribution >= 4 is 5.97 Å². The van der Waals surface area contributed by atoms with Crippen LogP contribution in [0.3, 0.4) is 0 Å². The Kier molecular flexibility index (Phi) is 5.48. The average Bonchev–Trinajstić information content (AvgIpc) is 2.45. The third kappa shape index (κ3) is 5.63. The monoisotopic (exact) mass is 319 g/mol. The zero-order valence-electron chi connectivity index (χ0n) is 14.7. The maximum Gasteiger partial charge on any atom is 0.315 e. The minimum Gasteiger partial charge on any atom is -0.459 e. The topological polar surface area (TPSA) is 49.8 Å². The van der Waals surface area contributed by atoms with Crippen molar-refractivity contribution in [1.29, 1.82) is 0 Å². The van der Waals surface area contributed by atoms with E-state index >= 15 is 0 Å². The highest BCUT2D eigenvalue weighted by molar-refractivity contribution is 5.78. The molecule has 128 valence electrons. The Morgan fingerprint density at radius 3 is 2.35 bits per heavy atom. The summed E-state index contributed by atoms with van der Waals surface area (Å²) in [6, 6.07) is 9.82. The number of piperidine rings is 1. The molecule has 0 spiro atoms. The first-order chi connectivity index (χ1) is 10.7. The molecular weight excluding hydrogens is 290 g/mol. The summed E-state index contributed by atoms with van der Waals surface area (Å²) in [5.74, 6) is -0.473. The van der Waals surface area contributed by atoms with E-state index in [2.05, 4.69) is 4.90 Å². The molecule has 1 aliphatic rings. The quantitative estimate of drug-likeness (QED) is 0.867. The van der Waals surface area contributed by atoms with Gasteiger partial charge in [0, 0.05) is 19.6 Å². The second kappa shape index (κ2) is 7.02. The van der Waals surface area contributed by atoms with Crippen molar-refractivity contribution in [3.63, 3.8) is 0 Å². The fourth-order valence-corrected chi connectivity index (χ4v) is 2.85. The first kappa shape index (κ1) is 18.0. The molecule has 1 aromatic carbocycles. The van der Waals surface area contributed by atoms with Crippen LogP contribution in [0.4, 0.5) is 0 Å². The zero-order chi connectivity index (χ0) is 17.1. The maximum absolute atomic E-state index is 12.7. The van der Waals surface area contributed by atoms with Crippen molar-refractivity contribution in [3.8, 4) is 0 Å². The third-order valence-electron chi connectivity index (χ3n) is 4.27. The number of ether oxygens (including phenoxy) is 1. The van der Waals surface area contributed by atoms with E-state index in [0.29, 0.717) is 6.54 Å². The second-order valence-corrected chi connectivity index (χ2v) is 7.79. The van der Waals surface area contributed by atoms with Crippen molar-refractivity contribution in [1.82, 2.24) is 4.90 Å². The van der Waals surface area contributed by atoms with Gasteiger partial charge in [-0.3, -0.25) is 4.79 Å². The SMILES string of the molecule is CC1(O)CCN(CC(C(=O)OC(C)(C)C)c2ccccc2)CC1. The van der Waals surface area contributed by atoms with Gasteiger partial charge in [0.1, 0.15) is 5.60 Å². The van der Waals surface area contributed by atoms with Crippen molar-refractivity contribution < 1.29 is 14.6 Å². The average molecular weight is 319 g/mol. The molecule has 4 heteroatoms. The van der Waals surface area contributed by atoms with Crippen molar-refractivity contribution in [2.75, 3.05) is 19.6 Å². The van der Waals surface area contributed by atoms with Crippen LogP contribution >= 0.6 is 0 Å². The van der Waals surface area contributed by atoms with E-state index < -0.39 is 11.2 Å². The Bertz CT molecular complexity index is 509. The molecule has 1 atom stereocenters. The summed E-state index contributed by atoms with van der Waals surface area (Å²) >= 11 is 0. The summed E-state index contributed by atoms with van der Waals surface area (Å²) in [5, 5.41) is 10.1. The van der Waals surface area contributed by atoms with Crippen LogP contribution in [0.5, 0.6) is 0 Å². The first-order valence-corrected chi connectivity index (χ1v) is 8.39. The second-order valence-electron chi connectivity index (χ2n) is 7.79. The number of hydrogen-bond donors (Lipinski definition) is 1. The first-order valence-electron chi connectivity index (χ1n) is 8.39. The van der Waals surface area contributed by atoms with Gasteiger partial charge >= 0.3 is 5.97 Å². The van der Waals surface area contributed by atoms with Gasteiger partial charge in [-0.1, -0.05) is 30.3 Å². The number of aliphatic hydroxyl groups is 1. The molecule has 1 unspecified atom stereocenters. The minimum absolute atomic E-state index is 0.180. The van der Waals surface area contributed by atoms with E-state index in [9.17, 15) is 9.90 Å². The van der Waals surface area contributed by atoms with Crippen LogP contribution in [0.15, 0.2) is 30.3 Å². The smallest absolute Gasteiger partial charge is 0.315 e. The van der Waals surface area contributed by atoms with Gasteiger partial charge in [0.15, 0.2) is 0 Å². The summed E-state index contributed by atoms with van der Waals surface area (Å²) in [4.78, 5) is 14.9. The lowest BCUT2D eigenvalue weighted by Gasteiger charge is -2.37. The maximum atomic E-state index is 12.7. The molecule has 0 bridgehead atoms. The minimum atomic E-state index is -0.579. The van der Waals surface area contributed by atoms with Crippen LogP contribution < -0.4 is 0 Å². The molecule has 0 amide bonds. The lowest BCUT2D eigenvalue weighted by molar-refractivity contribution is -0.157. The fourth-order valence-electron chi connectivity index (χ4n) is 2.85. The number of esters is 1. The van der Waals surface area contributed by atoms with Gasteiger partial charge in [-0.05, 0) is 46.1 Å². The lowest BCUT2D eigenvalue weighted by atomic mass is 9.92. The van der Waals surface area contributed by atoms with Crippen molar-refractivity contribution in [2.24, 2.45) is 0 Å². The Morgan fingerprint density at radius 1 is 1.26 bits per heavy atom. The Balaban J connectivity index is 2.10. The van der Waals surface area contributed by atoms with E-state index in [-0.39, 0.29) is 11.9 Å². The molecule has 1 N–H and O–H groups in total. The zero-order valence-corrected chi connectivity index (χ0v) is 14.7. The number of rotatable bonds is 4. The van der Waals surface area contributed by atoms with Gasteiger partial charge in [0.2, 0.25) is 0 Å². The molecule has 0 radical (unpaired) electrons. The third-order valence-corrected chi connectivity index (χ3v) is 4.27. The van der Waals surface area contributed by atoms with E-state index in [1.165, 1.54) is 0 Å². The van der Waals surface area contributed by atoms with Crippen LogP contribution in [0.1, 0.15) is 52.0 Å². The Labute approximate surface area is 139 Å². The molecule has 1 heterocycles. The van der Waals surface area contributed by atoms with E-state index in [4.69, 9.17) is 4.74 Å². The molecule has 1 saturated heterocycles. The van der Waals surface area contributed by atoms with E-state index in [1.807, 2.05) is 58.0 Å². The number of likely N-dealkylation sites (tertiary alicyclic amines) is 1. The molecule has 23 heavy (non-hydrogen) atoms. The van der Waals surface area contributed by atoms with Gasteiger partial charge in [0.25, 0.3) is 0 Å². The highest BCUT2D eigenvalue weighted by Crippen LogP contribution is 2.26. The summed E-state index contributed by atoms with van der Waals surface area (Å²) in [6.07, 6.45) is 1.48. The number of carbonyl (C=O) groups is 1. The highest BCUT2D eigenvalue weighted by Gasteiger charge is 2.32. The normalized spacial score (nSPS) is 20.0. The van der Waals surface area contributed by atoms with Crippen LogP contribution in [0.2, 0.25) is 0 Å². The Morgan fingerprint density at radius 2 is 1.83 bits per heavy atom. The predicted molar refractivity (Wildman–Crippen MR) is 91.3 cm³/mol. The largest absolute Gasteiger partial charge is 0.459 e. The molecule has 1 aromatic rings. The van der Waals surface area contributed by atoms with Gasteiger partial charge in [0.05, 0.1) is 11.5 Å². The summed E-state index contributed by atoms with van der Waals surface area (Å²) in [5.41, 5.74) is -0.0838. The van der Waals surface area contributed by atoms with Crippen LogP contribution in [0.25, 0.3) is 0 Å². The fraction of sp³-hybridized carbons (Fsp3) is 0.632. The van der Waals surface area contributed by atoms with Crippen molar-refractivity contribution in [3.05, 3.63) is 35.9 Å². The molecular formula is C19H29NO3. The Hall–Kier alpha value is -1.39. The standard InChI is InChI=1S/C19H29NO3/c1-18(2,3)23-17(21)16(15-8-6-5-7-9-15)14-20-12-10-19(4,22)11-13-20/h5-9,16,22H,10-14H2,1-4H3. The summed E-state index contributed by atoms with van der Waals surface area (Å²) < 4.78 is 5.62. The number of hydrogen-bond acceptors (Lipinski definition) is 4. The number of carbonyl (C=O) groups excluding carboxylic acids is 1.